The third-order valence-electron chi connectivity index (χ3n) is 9.07. The lowest BCUT2D eigenvalue weighted by Crippen LogP contribution is -2.62. The van der Waals surface area contributed by atoms with Crippen molar-refractivity contribution in [3.05, 3.63) is 53.4 Å². The maximum Gasteiger partial charge on any atom is 0.112 e. The zero-order valence-electron chi connectivity index (χ0n) is 21.2. The van der Waals surface area contributed by atoms with Crippen LogP contribution in [0.1, 0.15) is 97.5 Å². The Morgan fingerprint density at radius 3 is 1.91 bits per heavy atom. The molecule has 1 aromatic rings. The van der Waals surface area contributed by atoms with Crippen LogP contribution in [-0.4, -0.2) is 16.6 Å². The van der Waals surface area contributed by atoms with Gasteiger partial charge in [0.15, 0.2) is 0 Å². The molecule has 1 aromatic carbocycles. The van der Waals surface area contributed by atoms with Crippen LogP contribution in [0.4, 0.5) is 5.69 Å². The fourth-order valence-corrected chi connectivity index (χ4v) is 7.69. The first kappa shape index (κ1) is 22.1. The Balaban J connectivity index is 1.67. The molecular formula is C30H44N2. The Hall–Kier alpha value is -1.70. The van der Waals surface area contributed by atoms with Gasteiger partial charge in [-0.2, -0.15) is 0 Å². The molecule has 2 saturated carbocycles. The summed E-state index contributed by atoms with van der Waals surface area (Å²) in [6.07, 6.45) is 19.8. The number of anilines is 1. The van der Waals surface area contributed by atoms with Gasteiger partial charge in [-0.1, -0.05) is 83.6 Å². The lowest BCUT2D eigenvalue weighted by Gasteiger charge is -2.56. The Kier molecular flexibility index (Phi) is 5.71. The van der Waals surface area contributed by atoms with Crippen LogP contribution in [-0.2, 0) is 0 Å². The summed E-state index contributed by atoms with van der Waals surface area (Å²) < 4.78 is 0. The van der Waals surface area contributed by atoms with Gasteiger partial charge < -0.3 is 9.80 Å². The molecule has 2 fully saturated rings. The van der Waals surface area contributed by atoms with Gasteiger partial charge in [-0.15, -0.1) is 0 Å². The molecule has 0 amide bonds. The molecular weight excluding hydrogens is 388 g/mol. The Bertz CT molecular complexity index is 872. The van der Waals surface area contributed by atoms with E-state index in [-0.39, 0.29) is 11.0 Å². The normalized spacial score (nSPS) is 26.8. The first-order valence-electron chi connectivity index (χ1n) is 13.4. The van der Waals surface area contributed by atoms with Crippen molar-refractivity contribution in [1.82, 2.24) is 4.90 Å². The van der Waals surface area contributed by atoms with Gasteiger partial charge in [-0.25, -0.2) is 0 Å². The smallest absolute Gasteiger partial charge is 0.112 e. The highest BCUT2D eigenvalue weighted by Crippen LogP contribution is 2.57. The van der Waals surface area contributed by atoms with Crippen LogP contribution in [0.15, 0.2) is 47.8 Å². The summed E-state index contributed by atoms with van der Waals surface area (Å²) in [5, 5.41) is 0. The van der Waals surface area contributed by atoms with Crippen LogP contribution in [0.3, 0.4) is 0 Å². The molecule has 2 heteroatoms. The van der Waals surface area contributed by atoms with Gasteiger partial charge in [0, 0.05) is 16.8 Å². The molecule has 1 unspecified atom stereocenters. The van der Waals surface area contributed by atoms with Crippen LogP contribution in [0.2, 0.25) is 0 Å². The van der Waals surface area contributed by atoms with Crippen molar-refractivity contribution in [3.8, 4) is 0 Å². The maximum absolute atomic E-state index is 2.97. The number of benzene rings is 1. The molecule has 0 aromatic heterocycles. The number of fused-ring (bicyclic) bond motifs is 1. The van der Waals surface area contributed by atoms with Gasteiger partial charge in [0.2, 0.25) is 0 Å². The predicted molar refractivity (Wildman–Crippen MR) is 136 cm³/mol. The summed E-state index contributed by atoms with van der Waals surface area (Å²) in [4.78, 5) is 5.68. The second-order valence-corrected chi connectivity index (χ2v) is 12.1. The molecule has 0 bridgehead atoms. The number of nitrogens with zero attached hydrogens (tertiary/aromatic N) is 2. The van der Waals surface area contributed by atoms with Crippen molar-refractivity contribution in [3.63, 3.8) is 0 Å². The van der Waals surface area contributed by atoms with Gasteiger partial charge in [0.25, 0.3) is 0 Å². The highest BCUT2D eigenvalue weighted by atomic mass is 15.5. The molecule has 5 rings (SSSR count). The third kappa shape index (κ3) is 3.35. The largest absolute Gasteiger partial charge is 0.339 e. The number of aryl methyl sites for hydroxylation is 1. The van der Waals surface area contributed by atoms with Gasteiger partial charge >= 0.3 is 0 Å². The second-order valence-electron chi connectivity index (χ2n) is 12.1. The highest BCUT2D eigenvalue weighted by Gasteiger charge is 2.58. The number of rotatable bonds is 3. The fourth-order valence-electron chi connectivity index (χ4n) is 7.69. The third-order valence-corrected chi connectivity index (χ3v) is 9.07. The molecule has 2 aliphatic heterocycles. The van der Waals surface area contributed by atoms with E-state index in [1.165, 1.54) is 86.9 Å². The topological polar surface area (TPSA) is 6.48 Å². The van der Waals surface area contributed by atoms with Crippen LogP contribution in [0.5, 0.6) is 0 Å². The Morgan fingerprint density at radius 1 is 0.812 bits per heavy atom. The lowest BCUT2D eigenvalue weighted by molar-refractivity contribution is -0.0195. The van der Waals surface area contributed by atoms with Crippen LogP contribution in [0.25, 0.3) is 0 Å². The minimum Gasteiger partial charge on any atom is -0.339 e. The van der Waals surface area contributed by atoms with Crippen molar-refractivity contribution in [2.24, 2.45) is 17.3 Å². The van der Waals surface area contributed by atoms with Gasteiger partial charge in [0.1, 0.15) is 6.17 Å². The minimum atomic E-state index is 0.145. The second kappa shape index (κ2) is 8.26. The average Bonchev–Trinajstić information content (AvgIpc) is 3.32. The van der Waals surface area contributed by atoms with E-state index in [0.29, 0.717) is 6.17 Å². The monoisotopic (exact) mass is 432 g/mol. The zero-order valence-corrected chi connectivity index (χ0v) is 21.2. The van der Waals surface area contributed by atoms with Gasteiger partial charge in [-0.3, -0.25) is 0 Å². The molecule has 4 aliphatic rings. The van der Waals surface area contributed by atoms with E-state index in [1.807, 2.05) is 0 Å². The summed E-state index contributed by atoms with van der Waals surface area (Å²) in [5.74, 6) is 1.59. The molecule has 0 radical (unpaired) electrons. The lowest BCUT2D eigenvalue weighted by atomic mass is 9.63. The van der Waals surface area contributed by atoms with Gasteiger partial charge in [-0.05, 0) is 69.1 Å². The molecule has 1 atom stereocenters. The summed E-state index contributed by atoms with van der Waals surface area (Å²) in [6, 6.07) is 9.02. The van der Waals surface area contributed by atoms with E-state index < -0.39 is 0 Å². The van der Waals surface area contributed by atoms with Crippen molar-refractivity contribution < 1.29 is 0 Å². The Labute approximate surface area is 196 Å². The standard InChI is InChI=1S/C30H44N2/c1-22-14-12-13-19-26(22)31-23(2)27-20-21-30(24-15-8-6-9-16-24,25-17-10-7-11-18-25)32(27)28(31)29(3,4)5/h12-14,19-21,24-25,28H,6-11,15-18H2,1-5H3. The fraction of sp³-hybridized carbons (Fsp3) is 0.667. The van der Waals surface area contributed by atoms with E-state index in [0.717, 1.165) is 11.8 Å². The number of hydrogen-bond donors (Lipinski definition) is 0. The van der Waals surface area contributed by atoms with Crippen molar-refractivity contribution >= 4 is 5.69 Å². The summed E-state index contributed by atoms with van der Waals surface area (Å²) in [7, 11) is 0. The van der Waals surface area contributed by atoms with E-state index in [4.69, 9.17) is 0 Å². The van der Waals surface area contributed by atoms with Crippen molar-refractivity contribution in [1.29, 1.82) is 0 Å². The van der Waals surface area contributed by atoms with E-state index >= 15 is 0 Å². The SMILES string of the molecule is CC1=C2C=CC(C3CCCCC3)(C3CCCCC3)N2C(C(C)(C)C)N1c1ccccc1C. The molecule has 32 heavy (non-hydrogen) atoms. The first-order chi connectivity index (χ1) is 15.4. The molecule has 2 heterocycles. The highest BCUT2D eigenvalue weighted by molar-refractivity contribution is 5.63. The van der Waals surface area contributed by atoms with Crippen molar-refractivity contribution in [2.45, 2.75) is 111 Å². The molecule has 0 N–H and O–H groups in total. The molecule has 2 aliphatic carbocycles. The van der Waals surface area contributed by atoms with E-state index in [9.17, 15) is 0 Å². The van der Waals surface area contributed by atoms with Gasteiger partial charge in [0.05, 0.1) is 11.2 Å². The maximum atomic E-state index is 2.97. The predicted octanol–water partition coefficient (Wildman–Crippen LogP) is 8.19. The zero-order chi connectivity index (χ0) is 22.5. The summed E-state index contributed by atoms with van der Waals surface area (Å²) in [5.41, 5.74) is 6.07. The average molecular weight is 433 g/mol. The van der Waals surface area contributed by atoms with Crippen molar-refractivity contribution in [2.75, 3.05) is 4.90 Å². The molecule has 0 spiro atoms. The van der Waals surface area contributed by atoms with Crippen LogP contribution >= 0.6 is 0 Å². The van der Waals surface area contributed by atoms with E-state index in [1.54, 1.807) is 0 Å². The quantitative estimate of drug-likeness (QED) is 0.475. The summed E-state index contributed by atoms with van der Waals surface area (Å²) in [6.45, 7) is 12.0. The first-order valence-corrected chi connectivity index (χ1v) is 13.4. The molecule has 0 saturated heterocycles. The molecule has 2 nitrogen and oxygen atoms in total. The number of hydrogen-bond acceptors (Lipinski definition) is 2. The molecule has 174 valence electrons. The van der Waals surface area contributed by atoms with Crippen LogP contribution < -0.4 is 4.90 Å². The number of para-hydroxylation sites is 1. The van der Waals surface area contributed by atoms with Crippen LogP contribution in [0, 0.1) is 24.2 Å². The number of allylic oxidation sites excluding steroid dienone is 2. The minimum absolute atomic E-state index is 0.145. The van der Waals surface area contributed by atoms with E-state index in [2.05, 4.69) is 80.8 Å². The summed E-state index contributed by atoms with van der Waals surface area (Å²) >= 11 is 0. The Morgan fingerprint density at radius 2 is 1.38 bits per heavy atom.